The van der Waals surface area contributed by atoms with Gasteiger partial charge in [0, 0.05) is 10.0 Å². The lowest BCUT2D eigenvalue weighted by atomic mass is 10.3. The molecular formula is C15H9Cl2N3O2. The fourth-order valence-electron chi connectivity index (χ4n) is 1.82. The molecule has 0 atom stereocenters. The predicted molar refractivity (Wildman–Crippen MR) is 84.2 cm³/mol. The van der Waals surface area contributed by atoms with Crippen LogP contribution in [0.25, 0.3) is 5.69 Å². The summed E-state index contributed by atoms with van der Waals surface area (Å²) in [6, 6.07) is 13.7. The molecule has 0 saturated carbocycles. The summed E-state index contributed by atoms with van der Waals surface area (Å²) >= 11 is 11.8. The molecule has 0 saturated heterocycles. The molecule has 2 aromatic carbocycles. The Morgan fingerprint density at radius 1 is 1.00 bits per heavy atom. The number of hydrogen-bond donors (Lipinski definition) is 0. The number of para-hydroxylation sites is 1. The summed E-state index contributed by atoms with van der Waals surface area (Å²) in [5.74, 6) is 0.681. The Morgan fingerprint density at radius 2 is 1.68 bits per heavy atom. The largest absolute Gasteiger partial charge is 0.437 e. The molecule has 22 heavy (non-hydrogen) atoms. The molecule has 0 aliphatic carbocycles. The summed E-state index contributed by atoms with van der Waals surface area (Å²) in [5.41, 5.74) is -0.159. The number of nitrogens with zero attached hydrogens (tertiary/aromatic N) is 3. The smallest absolute Gasteiger partial charge is 0.372 e. The van der Waals surface area contributed by atoms with E-state index >= 15 is 0 Å². The van der Waals surface area contributed by atoms with Gasteiger partial charge in [-0.15, -0.1) is 0 Å². The van der Waals surface area contributed by atoms with E-state index in [2.05, 4.69) is 10.1 Å². The maximum absolute atomic E-state index is 12.1. The third kappa shape index (κ3) is 3.27. The molecule has 1 aromatic heterocycles. The van der Waals surface area contributed by atoms with Crippen LogP contribution in [0, 0.1) is 0 Å². The van der Waals surface area contributed by atoms with Crippen molar-refractivity contribution in [2.45, 2.75) is 0 Å². The van der Waals surface area contributed by atoms with Gasteiger partial charge in [0.25, 0.3) is 0 Å². The fourth-order valence-corrected chi connectivity index (χ4v) is 2.34. The van der Waals surface area contributed by atoms with Gasteiger partial charge in [0.05, 0.1) is 5.69 Å². The number of halogens is 2. The van der Waals surface area contributed by atoms with E-state index in [-0.39, 0.29) is 5.88 Å². The average Bonchev–Trinajstić information content (AvgIpc) is 2.47. The number of ether oxygens (including phenoxy) is 1. The second kappa shape index (κ2) is 6.17. The molecule has 3 aromatic rings. The van der Waals surface area contributed by atoms with E-state index < -0.39 is 5.69 Å². The van der Waals surface area contributed by atoms with E-state index in [9.17, 15) is 4.79 Å². The molecule has 0 radical (unpaired) electrons. The second-order valence-electron chi connectivity index (χ2n) is 4.33. The average molecular weight is 334 g/mol. The van der Waals surface area contributed by atoms with Crippen LogP contribution in [-0.4, -0.2) is 14.8 Å². The minimum absolute atomic E-state index is 0.112. The topological polar surface area (TPSA) is 57.0 Å². The quantitative estimate of drug-likeness (QED) is 0.732. The van der Waals surface area contributed by atoms with Crippen molar-refractivity contribution in [1.82, 2.24) is 14.8 Å². The Morgan fingerprint density at radius 3 is 2.32 bits per heavy atom. The van der Waals surface area contributed by atoms with Crippen LogP contribution in [0.3, 0.4) is 0 Å². The van der Waals surface area contributed by atoms with Gasteiger partial charge in [-0.1, -0.05) is 41.4 Å². The van der Waals surface area contributed by atoms with Gasteiger partial charge in [0.2, 0.25) is 5.88 Å². The van der Waals surface area contributed by atoms with Crippen molar-refractivity contribution in [3.63, 3.8) is 0 Å². The van der Waals surface area contributed by atoms with Gasteiger partial charge < -0.3 is 4.74 Å². The third-order valence-electron chi connectivity index (χ3n) is 2.73. The molecule has 3 rings (SSSR count). The fraction of sp³-hybridized carbons (Fsp3) is 0. The van der Waals surface area contributed by atoms with E-state index in [4.69, 9.17) is 27.9 Å². The van der Waals surface area contributed by atoms with E-state index in [1.165, 1.54) is 6.20 Å². The van der Waals surface area contributed by atoms with E-state index in [1.54, 1.807) is 30.3 Å². The van der Waals surface area contributed by atoms with Crippen molar-refractivity contribution < 1.29 is 4.74 Å². The molecule has 0 bridgehead atoms. The van der Waals surface area contributed by atoms with E-state index in [0.717, 1.165) is 4.68 Å². The molecule has 1 heterocycles. The number of rotatable bonds is 3. The van der Waals surface area contributed by atoms with Crippen molar-refractivity contribution in [2.24, 2.45) is 0 Å². The van der Waals surface area contributed by atoms with Crippen molar-refractivity contribution in [3.8, 4) is 17.3 Å². The minimum atomic E-state index is -0.591. The van der Waals surface area contributed by atoms with Crippen LogP contribution in [0.2, 0.25) is 10.0 Å². The maximum atomic E-state index is 12.1. The van der Waals surface area contributed by atoms with Crippen LogP contribution in [-0.2, 0) is 0 Å². The molecule has 0 spiro atoms. The van der Waals surface area contributed by atoms with Gasteiger partial charge >= 0.3 is 5.69 Å². The van der Waals surface area contributed by atoms with Crippen molar-refractivity contribution in [2.75, 3.05) is 0 Å². The molecule has 110 valence electrons. The Kier molecular flexibility index (Phi) is 4.09. The first-order valence-corrected chi connectivity index (χ1v) is 7.03. The first kappa shape index (κ1) is 14.6. The van der Waals surface area contributed by atoms with Crippen LogP contribution in [0.4, 0.5) is 0 Å². The van der Waals surface area contributed by atoms with E-state index in [0.29, 0.717) is 21.5 Å². The first-order chi connectivity index (χ1) is 10.6. The summed E-state index contributed by atoms with van der Waals surface area (Å²) in [6.45, 7) is 0. The second-order valence-corrected chi connectivity index (χ2v) is 5.20. The number of hydrogen-bond acceptors (Lipinski definition) is 4. The first-order valence-electron chi connectivity index (χ1n) is 6.27. The van der Waals surface area contributed by atoms with Gasteiger partial charge in [-0.25, -0.2) is 4.79 Å². The van der Waals surface area contributed by atoms with Gasteiger partial charge in [0.15, 0.2) is 0 Å². The Hall–Kier alpha value is -2.37. The lowest BCUT2D eigenvalue weighted by Gasteiger charge is -2.07. The molecular weight excluding hydrogens is 325 g/mol. The zero-order chi connectivity index (χ0) is 15.5. The highest BCUT2D eigenvalue weighted by Gasteiger charge is 2.07. The number of benzene rings is 2. The number of aromatic nitrogens is 3. The Bertz CT molecular complexity index is 846. The molecule has 0 N–H and O–H groups in total. The standard InChI is InChI=1S/C15H9Cl2N3O2/c16-10-6-11(17)8-12(7-10)20-15(21)19-14(9-18-20)22-13-4-2-1-3-5-13/h1-9H. The molecule has 5 nitrogen and oxygen atoms in total. The van der Waals surface area contributed by atoms with Crippen molar-refractivity contribution >= 4 is 23.2 Å². The van der Waals surface area contributed by atoms with Crippen molar-refractivity contribution in [3.05, 3.63) is 75.3 Å². The predicted octanol–water partition coefficient (Wildman–Crippen LogP) is 3.73. The lowest BCUT2D eigenvalue weighted by Crippen LogP contribution is -2.23. The van der Waals surface area contributed by atoms with Crippen LogP contribution in [0.5, 0.6) is 11.6 Å². The summed E-state index contributed by atoms with van der Waals surface area (Å²) in [7, 11) is 0. The Labute approximate surface area is 135 Å². The summed E-state index contributed by atoms with van der Waals surface area (Å²) in [5, 5.41) is 4.83. The van der Waals surface area contributed by atoms with Gasteiger partial charge in [-0.3, -0.25) is 0 Å². The Balaban J connectivity index is 1.94. The maximum Gasteiger partial charge on any atom is 0.372 e. The van der Waals surface area contributed by atoms with Crippen LogP contribution >= 0.6 is 23.2 Å². The summed E-state index contributed by atoms with van der Waals surface area (Å²) in [6.07, 6.45) is 1.35. The summed E-state index contributed by atoms with van der Waals surface area (Å²) < 4.78 is 6.55. The molecule has 0 aliphatic rings. The van der Waals surface area contributed by atoms with Crippen LogP contribution < -0.4 is 10.4 Å². The normalized spacial score (nSPS) is 10.5. The molecule has 0 amide bonds. The monoisotopic (exact) mass is 333 g/mol. The molecule has 0 fully saturated rings. The SMILES string of the molecule is O=c1nc(Oc2ccccc2)cnn1-c1cc(Cl)cc(Cl)c1. The molecule has 7 heteroatoms. The highest BCUT2D eigenvalue weighted by molar-refractivity contribution is 6.34. The third-order valence-corrected chi connectivity index (χ3v) is 3.16. The van der Waals surface area contributed by atoms with Gasteiger partial charge in [-0.2, -0.15) is 14.8 Å². The van der Waals surface area contributed by atoms with Crippen molar-refractivity contribution in [1.29, 1.82) is 0 Å². The highest BCUT2D eigenvalue weighted by Crippen LogP contribution is 2.21. The molecule has 0 aliphatic heterocycles. The minimum Gasteiger partial charge on any atom is -0.437 e. The van der Waals surface area contributed by atoms with E-state index in [1.807, 2.05) is 18.2 Å². The van der Waals surface area contributed by atoms with Gasteiger partial charge in [0.1, 0.15) is 11.9 Å². The van der Waals surface area contributed by atoms with Crippen LogP contribution in [0.15, 0.2) is 59.5 Å². The van der Waals surface area contributed by atoms with Gasteiger partial charge in [-0.05, 0) is 30.3 Å². The highest BCUT2D eigenvalue weighted by atomic mass is 35.5. The summed E-state index contributed by atoms with van der Waals surface area (Å²) in [4.78, 5) is 15.9. The zero-order valence-electron chi connectivity index (χ0n) is 11.1. The lowest BCUT2D eigenvalue weighted by molar-refractivity contribution is 0.450. The molecule has 0 unspecified atom stereocenters. The zero-order valence-corrected chi connectivity index (χ0v) is 12.6. The van der Waals surface area contributed by atoms with Crippen LogP contribution in [0.1, 0.15) is 0 Å².